The molecule has 1 rings (SSSR count). The van der Waals surface area contributed by atoms with Crippen molar-refractivity contribution >= 4 is 0 Å². The molecule has 0 spiro atoms. The molecule has 0 amide bonds. The lowest BCUT2D eigenvalue weighted by molar-refractivity contribution is 0.309. The molecule has 1 aromatic rings. The van der Waals surface area contributed by atoms with Gasteiger partial charge in [0.25, 0.3) is 0 Å². The molecule has 0 saturated carbocycles. The third kappa shape index (κ3) is 2.14. The van der Waals surface area contributed by atoms with Crippen LogP contribution in [0.25, 0.3) is 0 Å². The Hall–Kier alpha value is -1.18. The number of hydrogen-bond donors (Lipinski definition) is 0. The Kier molecular flexibility index (Phi) is 3.18. The van der Waals surface area contributed by atoms with Crippen LogP contribution in [0.15, 0.2) is 12.1 Å². The Balaban J connectivity index is 3.13. The molecule has 0 unspecified atom stereocenters. The van der Waals surface area contributed by atoms with Crippen molar-refractivity contribution in [1.29, 1.82) is 0 Å². The van der Waals surface area contributed by atoms with Crippen LogP contribution in [-0.2, 0) is 0 Å². The predicted octanol–water partition coefficient (Wildman–Crippen LogP) is 2.71. The number of aryl methyl sites for hydroxylation is 2. The SMILES string of the molecule is CCOc1cc(C)cc(C)c1OC. The van der Waals surface area contributed by atoms with Crippen LogP contribution >= 0.6 is 0 Å². The average Bonchev–Trinajstić information content (AvgIpc) is 2.04. The van der Waals surface area contributed by atoms with Crippen LogP contribution in [0.1, 0.15) is 18.1 Å². The molecule has 0 aromatic heterocycles. The summed E-state index contributed by atoms with van der Waals surface area (Å²) in [5.41, 5.74) is 2.31. The number of rotatable bonds is 3. The first kappa shape index (κ1) is 9.90. The van der Waals surface area contributed by atoms with Crippen molar-refractivity contribution in [3.05, 3.63) is 23.3 Å². The van der Waals surface area contributed by atoms with Crippen LogP contribution in [0.2, 0.25) is 0 Å². The van der Waals surface area contributed by atoms with Gasteiger partial charge in [-0.05, 0) is 38.0 Å². The van der Waals surface area contributed by atoms with Crippen LogP contribution in [-0.4, -0.2) is 13.7 Å². The van der Waals surface area contributed by atoms with E-state index in [1.807, 2.05) is 19.9 Å². The van der Waals surface area contributed by atoms with Crippen molar-refractivity contribution in [2.45, 2.75) is 20.8 Å². The predicted molar refractivity (Wildman–Crippen MR) is 53.6 cm³/mol. The van der Waals surface area contributed by atoms with Crippen molar-refractivity contribution < 1.29 is 9.47 Å². The Morgan fingerprint density at radius 1 is 1.23 bits per heavy atom. The first-order valence-corrected chi connectivity index (χ1v) is 4.47. The fourth-order valence-corrected chi connectivity index (χ4v) is 1.44. The maximum atomic E-state index is 5.46. The Morgan fingerprint density at radius 2 is 1.92 bits per heavy atom. The minimum Gasteiger partial charge on any atom is -0.493 e. The number of ether oxygens (including phenoxy) is 2. The van der Waals surface area contributed by atoms with Crippen molar-refractivity contribution in [3.63, 3.8) is 0 Å². The van der Waals surface area contributed by atoms with Crippen LogP contribution < -0.4 is 9.47 Å². The van der Waals surface area contributed by atoms with Crippen molar-refractivity contribution in [3.8, 4) is 11.5 Å². The van der Waals surface area contributed by atoms with Gasteiger partial charge in [-0.2, -0.15) is 0 Å². The normalized spacial score (nSPS) is 9.85. The zero-order chi connectivity index (χ0) is 9.84. The molecule has 0 aliphatic carbocycles. The Labute approximate surface area is 79.5 Å². The van der Waals surface area contributed by atoms with E-state index in [2.05, 4.69) is 13.0 Å². The van der Waals surface area contributed by atoms with Gasteiger partial charge in [0.2, 0.25) is 0 Å². The molecule has 0 fully saturated rings. The van der Waals surface area contributed by atoms with Gasteiger partial charge in [-0.1, -0.05) is 6.07 Å². The zero-order valence-electron chi connectivity index (χ0n) is 8.68. The smallest absolute Gasteiger partial charge is 0.163 e. The van der Waals surface area contributed by atoms with E-state index in [4.69, 9.17) is 9.47 Å². The van der Waals surface area contributed by atoms with Gasteiger partial charge < -0.3 is 9.47 Å². The van der Waals surface area contributed by atoms with Gasteiger partial charge >= 0.3 is 0 Å². The number of benzene rings is 1. The molecule has 0 radical (unpaired) electrons. The van der Waals surface area contributed by atoms with Crippen molar-refractivity contribution in [2.75, 3.05) is 13.7 Å². The molecule has 0 aliphatic heterocycles. The summed E-state index contributed by atoms with van der Waals surface area (Å²) in [6, 6.07) is 4.08. The lowest BCUT2D eigenvalue weighted by Gasteiger charge is -2.12. The summed E-state index contributed by atoms with van der Waals surface area (Å²) in [7, 11) is 1.67. The molecule has 0 bridgehead atoms. The van der Waals surface area contributed by atoms with Crippen molar-refractivity contribution in [2.24, 2.45) is 0 Å². The van der Waals surface area contributed by atoms with Gasteiger partial charge in [-0.15, -0.1) is 0 Å². The molecule has 2 heteroatoms. The highest BCUT2D eigenvalue weighted by Gasteiger charge is 2.07. The first-order chi connectivity index (χ1) is 6.19. The minimum atomic E-state index is 0.666. The Morgan fingerprint density at radius 3 is 2.46 bits per heavy atom. The van der Waals surface area contributed by atoms with Gasteiger partial charge in [-0.25, -0.2) is 0 Å². The quantitative estimate of drug-likeness (QED) is 0.712. The molecular formula is C11H16O2. The molecule has 0 aliphatic rings. The summed E-state index contributed by atoms with van der Waals surface area (Å²) in [6.45, 7) is 6.71. The monoisotopic (exact) mass is 180 g/mol. The molecule has 0 saturated heterocycles. The summed E-state index contributed by atoms with van der Waals surface area (Å²) in [4.78, 5) is 0. The van der Waals surface area contributed by atoms with E-state index in [1.165, 1.54) is 5.56 Å². The van der Waals surface area contributed by atoms with E-state index < -0.39 is 0 Å². The summed E-state index contributed by atoms with van der Waals surface area (Å²) in [6.07, 6.45) is 0. The summed E-state index contributed by atoms with van der Waals surface area (Å²) >= 11 is 0. The molecule has 0 atom stereocenters. The minimum absolute atomic E-state index is 0.666. The molecule has 0 heterocycles. The maximum absolute atomic E-state index is 5.46. The van der Waals surface area contributed by atoms with Crippen LogP contribution in [0.3, 0.4) is 0 Å². The topological polar surface area (TPSA) is 18.5 Å². The van der Waals surface area contributed by atoms with Crippen LogP contribution in [0.5, 0.6) is 11.5 Å². The third-order valence-corrected chi connectivity index (χ3v) is 1.89. The second-order valence-electron chi connectivity index (χ2n) is 3.05. The van der Waals surface area contributed by atoms with Crippen molar-refractivity contribution in [1.82, 2.24) is 0 Å². The lowest BCUT2D eigenvalue weighted by Crippen LogP contribution is -1.97. The Bertz CT molecular complexity index is 292. The first-order valence-electron chi connectivity index (χ1n) is 4.47. The highest BCUT2D eigenvalue weighted by Crippen LogP contribution is 2.31. The molecule has 1 aromatic carbocycles. The number of hydrogen-bond acceptors (Lipinski definition) is 2. The van der Waals surface area contributed by atoms with Crippen LogP contribution in [0, 0.1) is 13.8 Å². The standard InChI is InChI=1S/C11H16O2/c1-5-13-10-7-8(2)6-9(3)11(10)12-4/h6-7H,5H2,1-4H3. The third-order valence-electron chi connectivity index (χ3n) is 1.89. The van der Waals surface area contributed by atoms with E-state index in [1.54, 1.807) is 7.11 Å². The zero-order valence-corrected chi connectivity index (χ0v) is 8.68. The van der Waals surface area contributed by atoms with Gasteiger partial charge in [-0.3, -0.25) is 0 Å². The molecule has 72 valence electrons. The number of methoxy groups -OCH3 is 1. The second kappa shape index (κ2) is 4.17. The van der Waals surface area contributed by atoms with E-state index in [0.717, 1.165) is 17.1 Å². The van der Waals surface area contributed by atoms with Gasteiger partial charge in [0.05, 0.1) is 13.7 Å². The van der Waals surface area contributed by atoms with Crippen LogP contribution in [0.4, 0.5) is 0 Å². The fraction of sp³-hybridized carbons (Fsp3) is 0.455. The van der Waals surface area contributed by atoms with E-state index in [-0.39, 0.29) is 0 Å². The lowest BCUT2D eigenvalue weighted by atomic mass is 10.1. The largest absolute Gasteiger partial charge is 0.493 e. The maximum Gasteiger partial charge on any atom is 0.163 e. The van der Waals surface area contributed by atoms with E-state index in [9.17, 15) is 0 Å². The van der Waals surface area contributed by atoms with Gasteiger partial charge in [0, 0.05) is 0 Å². The summed E-state index contributed by atoms with van der Waals surface area (Å²) < 4.78 is 10.7. The average molecular weight is 180 g/mol. The second-order valence-corrected chi connectivity index (χ2v) is 3.05. The fourth-order valence-electron chi connectivity index (χ4n) is 1.44. The van der Waals surface area contributed by atoms with Gasteiger partial charge in [0.1, 0.15) is 0 Å². The van der Waals surface area contributed by atoms with Gasteiger partial charge in [0.15, 0.2) is 11.5 Å². The summed E-state index contributed by atoms with van der Waals surface area (Å²) in [5.74, 6) is 1.68. The molecule has 0 N–H and O–H groups in total. The highest BCUT2D eigenvalue weighted by molar-refractivity contribution is 5.48. The van der Waals surface area contributed by atoms with E-state index >= 15 is 0 Å². The molecular weight excluding hydrogens is 164 g/mol. The molecule has 13 heavy (non-hydrogen) atoms. The highest BCUT2D eigenvalue weighted by atomic mass is 16.5. The van der Waals surface area contributed by atoms with E-state index in [0.29, 0.717) is 6.61 Å². The summed E-state index contributed by atoms with van der Waals surface area (Å²) in [5, 5.41) is 0. The molecule has 2 nitrogen and oxygen atoms in total.